The highest BCUT2D eigenvalue weighted by molar-refractivity contribution is 5.84. The molecule has 6 heteroatoms. The van der Waals surface area contributed by atoms with Gasteiger partial charge in [0.1, 0.15) is 6.04 Å². The molecule has 18 heavy (non-hydrogen) atoms. The largest absolute Gasteiger partial charge is 0.480 e. The molecule has 6 nitrogen and oxygen atoms in total. The summed E-state index contributed by atoms with van der Waals surface area (Å²) >= 11 is 0. The number of nitrogen functional groups attached to an aromatic ring is 1. The van der Waals surface area contributed by atoms with Crippen molar-refractivity contribution in [3.63, 3.8) is 0 Å². The van der Waals surface area contributed by atoms with E-state index in [1.807, 2.05) is 0 Å². The molecule has 0 radical (unpaired) electrons. The number of nitrogens with one attached hydrogen (secondary N) is 1. The van der Waals surface area contributed by atoms with Crippen LogP contribution in [0.15, 0.2) is 24.3 Å². The smallest absolute Gasteiger partial charge is 0.326 e. The van der Waals surface area contributed by atoms with Gasteiger partial charge in [0.15, 0.2) is 0 Å². The predicted octanol–water partition coefficient (Wildman–Crippen LogP) is -0.237. The predicted molar refractivity (Wildman–Crippen MR) is 65.8 cm³/mol. The zero-order valence-corrected chi connectivity index (χ0v) is 9.80. The minimum atomic E-state index is -1.16. The Labute approximate surface area is 104 Å². The molecule has 1 atom stereocenters. The number of hydrogen-bond acceptors (Lipinski definition) is 4. The maximum atomic E-state index is 11.6. The molecule has 0 fully saturated rings. The maximum Gasteiger partial charge on any atom is 0.326 e. The lowest BCUT2D eigenvalue weighted by Gasteiger charge is -2.13. The number of anilines is 1. The van der Waals surface area contributed by atoms with Crippen LogP contribution in [0.1, 0.15) is 12.0 Å². The van der Waals surface area contributed by atoms with E-state index in [0.29, 0.717) is 11.3 Å². The highest BCUT2D eigenvalue weighted by Crippen LogP contribution is 2.07. The molecule has 0 aliphatic carbocycles. The average Bonchev–Trinajstić information content (AvgIpc) is 2.28. The number of carbonyl (C=O) groups is 2. The summed E-state index contributed by atoms with van der Waals surface area (Å²) in [6.07, 6.45) is 0.0399. The van der Waals surface area contributed by atoms with Gasteiger partial charge in [-0.05, 0) is 17.7 Å². The van der Waals surface area contributed by atoms with Gasteiger partial charge in [0.25, 0.3) is 0 Å². The topological polar surface area (TPSA) is 113 Å². The number of aliphatic carboxylic acids is 1. The number of carboxylic acid groups (broad SMARTS) is 1. The summed E-state index contributed by atoms with van der Waals surface area (Å²) in [6, 6.07) is 5.75. The number of nitrogens with two attached hydrogens (primary N) is 1. The van der Waals surface area contributed by atoms with Gasteiger partial charge in [-0.15, -0.1) is 0 Å². The third-order valence-corrected chi connectivity index (χ3v) is 2.37. The standard InChI is InChI=1S/C12H16N2O4/c13-9-3-1-2-8(6-9)7-11(16)14-10(4-5-15)12(17)18/h1-3,6,10,15H,4-5,7,13H2,(H,14,16)(H,17,18)/t10-/m0/s1. The number of benzene rings is 1. The molecule has 1 aromatic carbocycles. The van der Waals surface area contributed by atoms with Crippen LogP contribution >= 0.6 is 0 Å². The van der Waals surface area contributed by atoms with Gasteiger partial charge < -0.3 is 21.3 Å². The first kappa shape index (κ1) is 14.0. The van der Waals surface area contributed by atoms with E-state index in [0.717, 1.165) is 0 Å². The third kappa shape index (κ3) is 4.42. The van der Waals surface area contributed by atoms with Crippen LogP contribution in [0.4, 0.5) is 5.69 Å². The Morgan fingerprint density at radius 2 is 2.11 bits per heavy atom. The first-order chi connectivity index (χ1) is 8.52. The zero-order chi connectivity index (χ0) is 13.5. The highest BCUT2D eigenvalue weighted by atomic mass is 16.4. The van der Waals surface area contributed by atoms with E-state index in [9.17, 15) is 9.59 Å². The average molecular weight is 252 g/mol. The molecular formula is C12H16N2O4. The van der Waals surface area contributed by atoms with Crippen LogP contribution in [0.2, 0.25) is 0 Å². The SMILES string of the molecule is Nc1cccc(CC(=O)N[C@@H](CCO)C(=O)O)c1. The van der Waals surface area contributed by atoms with E-state index in [1.54, 1.807) is 24.3 Å². The van der Waals surface area contributed by atoms with Crippen LogP contribution < -0.4 is 11.1 Å². The number of amides is 1. The second-order valence-electron chi connectivity index (χ2n) is 3.89. The normalized spacial score (nSPS) is 11.8. The summed E-state index contributed by atoms with van der Waals surface area (Å²) in [7, 11) is 0. The lowest BCUT2D eigenvalue weighted by molar-refractivity contribution is -0.142. The van der Waals surface area contributed by atoms with Crippen LogP contribution in [0.5, 0.6) is 0 Å². The molecule has 0 saturated heterocycles. The number of aliphatic hydroxyl groups excluding tert-OH is 1. The minimum absolute atomic E-state index is 0.0159. The van der Waals surface area contributed by atoms with Gasteiger partial charge in [-0.2, -0.15) is 0 Å². The molecule has 0 saturated carbocycles. The van der Waals surface area contributed by atoms with Crippen molar-refractivity contribution < 1.29 is 19.8 Å². The van der Waals surface area contributed by atoms with Crippen LogP contribution in [-0.4, -0.2) is 34.7 Å². The van der Waals surface area contributed by atoms with Crippen LogP contribution in [0, 0.1) is 0 Å². The molecule has 0 unspecified atom stereocenters. The zero-order valence-electron chi connectivity index (χ0n) is 9.80. The van der Waals surface area contributed by atoms with Crippen molar-refractivity contribution in [1.29, 1.82) is 0 Å². The van der Waals surface area contributed by atoms with E-state index in [2.05, 4.69) is 5.32 Å². The molecule has 0 heterocycles. The minimum Gasteiger partial charge on any atom is -0.480 e. The highest BCUT2D eigenvalue weighted by Gasteiger charge is 2.19. The van der Waals surface area contributed by atoms with Crippen molar-refractivity contribution in [1.82, 2.24) is 5.32 Å². The van der Waals surface area contributed by atoms with Crippen molar-refractivity contribution in [2.24, 2.45) is 0 Å². The molecule has 0 bridgehead atoms. The van der Waals surface area contributed by atoms with E-state index < -0.39 is 17.9 Å². The summed E-state index contributed by atoms with van der Waals surface area (Å²) in [5, 5.41) is 19.9. The van der Waals surface area contributed by atoms with E-state index in [1.165, 1.54) is 0 Å². The summed E-state index contributed by atoms with van der Waals surface area (Å²) in [6.45, 7) is -0.296. The Morgan fingerprint density at radius 1 is 1.39 bits per heavy atom. The quantitative estimate of drug-likeness (QED) is 0.522. The lowest BCUT2D eigenvalue weighted by Crippen LogP contribution is -2.42. The Kier molecular flexibility index (Phi) is 5.13. The number of carboxylic acids is 1. The van der Waals surface area contributed by atoms with Gasteiger partial charge in [-0.1, -0.05) is 12.1 Å². The van der Waals surface area contributed by atoms with E-state index in [-0.39, 0.29) is 19.4 Å². The van der Waals surface area contributed by atoms with Gasteiger partial charge in [0.2, 0.25) is 5.91 Å². The second kappa shape index (κ2) is 6.61. The second-order valence-corrected chi connectivity index (χ2v) is 3.89. The van der Waals surface area contributed by atoms with Crippen molar-refractivity contribution in [3.05, 3.63) is 29.8 Å². The van der Waals surface area contributed by atoms with Gasteiger partial charge in [-0.25, -0.2) is 4.79 Å². The van der Waals surface area contributed by atoms with Crippen molar-refractivity contribution >= 4 is 17.6 Å². The number of carbonyl (C=O) groups excluding carboxylic acids is 1. The number of aliphatic hydroxyl groups is 1. The van der Waals surface area contributed by atoms with Crippen LogP contribution in [0.25, 0.3) is 0 Å². The Bertz CT molecular complexity index is 434. The fraction of sp³-hybridized carbons (Fsp3) is 0.333. The Balaban J connectivity index is 2.57. The fourth-order valence-electron chi connectivity index (χ4n) is 1.52. The first-order valence-corrected chi connectivity index (χ1v) is 5.50. The van der Waals surface area contributed by atoms with Crippen molar-refractivity contribution in [3.8, 4) is 0 Å². The Morgan fingerprint density at radius 3 is 2.67 bits per heavy atom. The van der Waals surface area contributed by atoms with E-state index >= 15 is 0 Å². The van der Waals surface area contributed by atoms with Crippen LogP contribution in [0.3, 0.4) is 0 Å². The summed E-state index contributed by atoms with van der Waals surface area (Å²) in [4.78, 5) is 22.4. The van der Waals surface area contributed by atoms with Crippen molar-refractivity contribution in [2.45, 2.75) is 18.9 Å². The summed E-state index contributed by atoms with van der Waals surface area (Å²) in [5.41, 5.74) is 6.83. The maximum absolute atomic E-state index is 11.6. The molecule has 1 aromatic rings. The molecule has 0 spiro atoms. The fourth-order valence-corrected chi connectivity index (χ4v) is 1.52. The van der Waals surface area contributed by atoms with Gasteiger partial charge in [0.05, 0.1) is 6.42 Å². The van der Waals surface area contributed by atoms with Crippen molar-refractivity contribution in [2.75, 3.05) is 12.3 Å². The molecule has 0 aromatic heterocycles. The first-order valence-electron chi connectivity index (χ1n) is 5.50. The van der Waals surface area contributed by atoms with Gasteiger partial charge >= 0.3 is 5.97 Å². The summed E-state index contributed by atoms with van der Waals surface area (Å²) < 4.78 is 0. The molecule has 0 aliphatic rings. The Hall–Kier alpha value is -2.08. The molecule has 1 rings (SSSR count). The molecule has 98 valence electrons. The van der Waals surface area contributed by atoms with E-state index in [4.69, 9.17) is 15.9 Å². The molecular weight excluding hydrogens is 236 g/mol. The molecule has 5 N–H and O–H groups in total. The van der Waals surface area contributed by atoms with Crippen LogP contribution in [-0.2, 0) is 16.0 Å². The van der Waals surface area contributed by atoms with Gasteiger partial charge in [-0.3, -0.25) is 4.79 Å². The number of hydrogen-bond donors (Lipinski definition) is 4. The lowest BCUT2D eigenvalue weighted by atomic mass is 10.1. The molecule has 1 amide bonds. The molecule has 0 aliphatic heterocycles. The third-order valence-electron chi connectivity index (χ3n) is 2.37. The monoisotopic (exact) mass is 252 g/mol. The van der Waals surface area contributed by atoms with Gasteiger partial charge in [0, 0.05) is 18.7 Å². The summed E-state index contributed by atoms with van der Waals surface area (Å²) in [5.74, 6) is -1.58. The number of rotatable bonds is 6.